The molecule has 1 aromatic carbocycles. The molecule has 1 aromatic rings. The van der Waals surface area contributed by atoms with Gasteiger partial charge in [-0.1, -0.05) is 6.92 Å². The lowest BCUT2D eigenvalue weighted by atomic mass is 9.97. The summed E-state index contributed by atoms with van der Waals surface area (Å²) >= 11 is 1.87. The van der Waals surface area contributed by atoms with E-state index in [1.165, 1.54) is 0 Å². The molecule has 1 fully saturated rings. The fourth-order valence-electron chi connectivity index (χ4n) is 1.91. The average molecular weight is 250 g/mol. The maximum Gasteiger partial charge on any atom is 0.166 e. The van der Waals surface area contributed by atoms with Gasteiger partial charge in [0.1, 0.15) is 5.75 Å². The number of hydrogen-bond acceptors (Lipinski definition) is 3. The van der Waals surface area contributed by atoms with E-state index in [0.717, 1.165) is 42.3 Å². The number of benzene rings is 1. The van der Waals surface area contributed by atoms with Crippen LogP contribution in [0, 0.1) is 5.92 Å². The third-order valence-corrected chi connectivity index (χ3v) is 4.07. The summed E-state index contributed by atoms with van der Waals surface area (Å²) in [6, 6.07) is 7.56. The molecule has 0 N–H and O–H groups in total. The van der Waals surface area contributed by atoms with E-state index in [0.29, 0.717) is 0 Å². The van der Waals surface area contributed by atoms with Gasteiger partial charge in [-0.25, -0.2) is 0 Å². The highest BCUT2D eigenvalue weighted by Gasteiger charge is 2.24. The minimum atomic E-state index is 0.224. The molecule has 1 heterocycles. The Morgan fingerprint density at radius 3 is 2.76 bits per heavy atom. The summed E-state index contributed by atoms with van der Waals surface area (Å²) < 4.78 is 5.50. The van der Waals surface area contributed by atoms with Gasteiger partial charge in [-0.2, -0.15) is 11.8 Å². The van der Waals surface area contributed by atoms with Crippen LogP contribution in [-0.2, 0) is 0 Å². The molecule has 0 radical (unpaired) electrons. The van der Waals surface area contributed by atoms with Gasteiger partial charge in [0, 0.05) is 17.2 Å². The Balaban J connectivity index is 1.99. The van der Waals surface area contributed by atoms with Crippen LogP contribution < -0.4 is 4.74 Å². The van der Waals surface area contributed by atoms with Crippen molar-refractivity contribution in [3.8, 4) is 5.75 Å². The first-order valence-electron chi connectivity index (χ1n) is 6.16. The van der Waals surface area contributed by atoms with Crippen molar-refractivity contribution in [3.63, 3.8) is 0 Å². The third-order valence-electron chi connectivity index (χ3n) is 2.91. The molecule has 17 heavy (non-hydrogen) atoms. The van der Waals surface area contributed by atoms with Crippen molar-refractivity contribution in [2.45, 2.75) is 19.8 Å². The summed E-state index contributed by atoms with van der Waals surface area (Å²) in [7, 11) is 0. The van der Waals surface area contributed by atoms with E-state index in [1.54, 1.807) is 0 Å². The molecule has 1 aliphatic rings. The molecule has 1 aliphatic heterocycles. The molecule has 3 heteroatoms. The number of ether oxygens (including phenoxy) is 1. The predicted molar refractivity (Wildman–Crippen MR) is 72.0 cm³/mol. The molecular formula is C14H18O2S. The number of hydrogen-bond donors (Lipinski definition) is 0. The minimum Gasteiger partial charge on any atom is -0.494 e. The van der Waals surface area contributed by atoms with E-state index < -0.39 is 0 Å². The normalized spacial score (nSPS) is 19.2. The fraction of sp³-hybridized carbons (Fsp3) is 0.500. The number of thioether (sulfide) groups is 1. The standard InChI is InChI=1S/C14H18O2S/c1-2-8-16-13-5-3-11(4-6-13)14(15)12-7-9-17-10-12/h3-6,12H,2,7-10H2,1H3. The molecule has 0 amide bonds. The van der Waals surface area contributed by atoms with E-state index in [1.807, 2.05) is 36.0 Å². The summed E-state index contributed by atoms with van der Waals surface area (Å²) in [6.07, 6.45) is 2.03. The molecule has 2 nitrogen and oxygen atoms in total. The van der Waals surface area contributed by atoms with Crippen molar-refractivity contribution in [3.05, 3.63) is 29.8 Å². The third kappa shape index (κ3) is 3.25. The van der Waals surface area contributed by atoms with Gasteiger partial charge < -0.3 is 4.74 Å². The summed E-state index contributed by atoms with van der Waals surface area (Å²) in [6.45, 7) is 2.81. The van der Waals surface area contributed by atoms with Crippen LogP contribution >= 0.6 is 11.8 Å². The molecule has 92 valence electrons. The molecule has 0 spiro atoms. The van der Waals surface area contributed by atoms with Crippen LogP contribution in [0.3, 0.4) is 0 Å². The van der Waals surface area contributed by atoms with Gasteiger partial charge >= 0.3 is 0 Å². The summed E-state index contributed by atoms with van der Waals surface area (Å²) in [5, 5.41) is 0. The van der Waals surface area contributed by atoms with Crippen LogP contribution in [0.4, 0.5) is 0 Å². The largest absolute Gasteiger partial charge is 0.494 e. The molecule has 0 aliphatic carbocycles. The zero-order valence-electron chi connectivity index (χ0n) is 10.1. The van der Waals surface area contributed by atoms with Crippen molar-refractivity contribution < 1.29 is 9.53 Å². The molecular weight excluding hydrogens is 232 g/mol. The molecule has 1 atom stereocenters. The Hall–Kier alpha value is -0.960. The smallest absolute Gasteiger partial charge is 0.166 e. The first-order chi connectivity index (χ1) is 8.31. The maximum atomic E-state index is 12.1. The lowest BCUT2D eigenvalue weighted by molar-refractivity contribution is 0.0933. The maximum absolute atomic E-state index is 12.1. The fourth-order valence-corrected chi connectivity index (χ4v) is 3.13. The summed E-state index contributed by atoms with van der Waals surface area (Å²) in [4.78, 5) is 12.1. The van der Waals surface area contributed by atoms with Crippen LogP contribution in [0.15, 0.2) is 24.3 Å². The molecule has 0 aromatic heterocycles. The second-order valence-corrected chi connectivity index (χ2v) is 5.45. The minimum absolute atomic E-state index is 0.224. The monoisotopic (exact) mass is 250 g/mol. The topological polar surface area (TPSA) is 26.3 Å². The molecule has 1 saturated heterocycles. The molecule has 0 saturated carbocycles. The predicted octanol–water partition coefficient (Wildman–Crippen LogP) is 3.41. The van der Waals surface area contributed by atoms with Crippen LogP contribution in [0.25, 0.3) is 0 Å². The van der Waals surface area contributed by atoms with Crippen molar-refractivity contribution in [2.75, 3.05) is 18.1 Å². The highest BCUT2D eigenvalue weighted by Crippen LogP contribution is 2.27. The molecule has 2 rings (SSSR count). The van der Waals surface area contributed by atoms with Gasteiger partial charge in [0.15, 0.2) is 5.78 Å². The van der Waals surface area contributed by atoms with Gasteiger partial charge in [0.2, 0.25) is 0 Å². The Morgan fingerprint density at radius 1 is 1.41 bits per heavy atom. The van der Waals surface area contributed by atoms with Crippen molar-refractivity contribution in [1.82, 2.24) is 0 Å². The number of rotatable bonds is 5. The van der Waals surface area contributed by atoms with E-state index in [4.69, 9.17) is 4.74 Å². The van der Waals surface area contributed by atoms with Crippen LogP contribution in [0.5, 0.6) is 5.75 Å². The number of Topliss-reactive ketones (excluding diaryl/α,β-unsaturated/α-hetero) is 1. The Labute approximate surface area is 107 Å². The van der Waals surface area contributed by atoms with Crippen LogP contribution in [0.2, 0.25) is 0 Å². The van der Waals surface area contributed by atoms with Gasteiger partial charge in [0.05, 0.1) is 6.61 Å². The zero-order valence-corrected chi connectivity index (χ0v) is 11.0. The second kappa shape index (κ2) is 6.10. The van der Waals surface area contributed by atoms with Gasteiger partial charge in [-0.3, -0.25) is 4.79 Å². The Bertz CT molecular complexity index is 366. The summed E-state index contributed by atoms with van der Waals surface area (Å²) in [5.74, 6) is 3.46. The van der Waals surface area contributed by atoms with Gasteiger partial charge in [0.25, 0.3) is 0 Å². The van der Waals surface area contributed by atoms with Crippen molar-refractivity contribution in [1.29, 1.82) is 0 Å². The second-order valence-electron chi connectivity index (χ2n) is 4.30. The quantitative estimate of drug-likeness (QED) is 0.749. The number of carbonyl (C=O) groups is 1. The number of ketones is 1. The first kappa shape index (κ1) is 12.5. The SMILES string of the molecule is CCCOc1ccc(C(=O)C2CCSC2)cc1. The zero-order chi connectivity index (χ0) is 12.1. The van der Waals surface area contributed by atoms with Crippen molar-refractivity contribution in [2.24, 2.45) is 5.92 Å². The van der Waals surface area contributed by atoms with E-state index >= 15 is 0 Å². The lowest BCUT2D eigenvalue weighted by Crippen LogP contribution is -2.13. The van der Waals surface area contributed by atoms with E-state index in [9.17, 15) is 4.79 Å². The van der Waals surface area contributed by atoms with Gasteiger partial charge in [-0.15, -0.1) is 0 Å². The number of carbonyl (C=O) groups excluding carboxylic acids is 1. The molecule has 1 unspecified atom stereocenters. The first-order valence-corrected chi connectivity index (χ1v) is 7.31. The highest BCUT2D eigenvalue weighted by atomic mass is 32.2. The van der Waals surface area contributed by atoms with Gasteiger partial charge in [-0.05, 0) is 42.9 Å². The molecule has 0 bridgehead atoms. The Morgan fingerprint density at radius 2 is 2.18 bits per heavy atom. The average Bonchev–Trinajstić information content (AvgIpc) is 2.90. The summed E-state index contributed by atoms with van der Waals surface area (Å²) in [5.41, 5.74) is 0.821. The van der Waals surface area contributed by atoms with Crippen LogP contribution in [-0.4, -0.2) is 23.9 Å². The van der Waals surface area contributed by atoms with Crippen LogP contribution in [0.1, 0.15) is 30.1 Å². The van der Waals surface area contributed by atoms with Crippen molar-refractivity contribution >= 4 is 17.5 Å². The lowest BCUT2D eigenvalue weighted by Gasteiger charge is -2.08. The Kier molecular flexibility index (Phi) is 4.49. The van der Waals surface area contributed by atoms with E-state index in [-0.39, 0.29) is 11.7 Å². The van der Waals surface area contributed by atoms with E-state index in [2.05, 4.69) is 6.92 Å². The highest BCUT2D eigenvalue weighted by molar-refractivity contribution is 7.99.